The predicted octanol–water partition coefficient (Wildman–Crippen LogP) is 1.08. The average Bonchev–Trinajstić information content (AvgIpc) is 2.39. The van der Waals surface area contributed by atoms with E-state index < -0.39 is 11.7 Å². The van der Waals surface area contributed by atoms with Gasteiger partial charge in [0, 0.05) is 13.1 Å². The number of aliphatic hydroxyl groups is 2. The zero-order chi connectivity index (χ0) is 15.2. The van der Waals surface area contributed by atoms with Crippen LogP contribution in [0, 0.1) is 11.8 Å². The van der Waals surface area contributed by atoms with Gasteiger partial charge in [0.05, 0.1) is 24.2 Å². The van der Waals surface area contributed by atoms with Crippen LogP contribution < -0.4 is 5.32 Å². The summed E-state index contributed by atoms with van der Waals surface area (Å²) >= 11 is 0. The molecule has 5 heteroatoms. The Labute approximate surface area is 121 Å². The number of carbonyl (C=O) groups is 1. The third kappa shape index (κ3) is 5.38. The number of esters is 1. The van der Waals surface area contributed by atoms with Crippen LogP contribution in [-0.2, 0) is 9.53 Å². The molecule has 1 unspecified atom stereocenters. The molecule has 0 aromatic rings. The Hall–Kier alpha value is -0.650. The molecule has 3 N–H and O–H groups in total. The lowest BCUT2D eigenvalue weighted by Crippen LogP contribution is -2.46. The van der Waals surface area contributed by atoms with Gasteiger partial charge in [-0.2, -0.15) is 0 Å². The fourth-order valence-electron chi connectivity index (χ4n) is 2.52. The SMILES string of the molecule is CCOC(=O)C1CCC(O)(CNCC(O)C(C)C)CC1. The van der Waals surface area contributed by atoms with Crippen LogP contribution in [0.25, 0.3) is 0 Å². The summed E-state index contributed by atoms with van der Waals surface area (Å²) in [6, 6.07) is 0. The van der Waals surface area contributed by atoms with E-state index in [0.717, 1.165) is 0 Å². The van der Waals surface area contributed by atoms with E-state index in [0.29, 0.717) is 45.4 Å². The van der Waals surface area contributed by atoms with Gasteiger partial charge in [0.15, 0.2) is 0 Å². The van der Waals surface area contributed by atoms with E-state index in [1.165, 1.54) is 0 Å². The maximum atomic E-state index is 11.6. The van der Waals surface area contributed by atoms with Gasteiger partial charge in [-0.3, -0.25) is 4.79 Å². The molecule has 0 radical (unpaired) electrons. The van der Waals surface area contributed by atoms with E-state index in [9.17, 15) is 15.0 Å². The Morgan fingerprint density at radius 1 is 1.40 bits per heavy atom. The van der Waals surface area contributed by atoms with Crippen molar-refractivity contribution in [3.8, 4) is 0 Å². The van der Waals surface area contributed by atoms with E-state index in [4.69, 9.17) is 4.74 Å². The normalized spacial score (nSPS) is 28.4. The van der Waals surface area contributed by atoms with Crippen molar-refractivity contribution in [2.75, 3.05) is 19.7 Å². The van der Waals surface area contributed by atoms with Crippen molar-refractivity contribution in [3.63, 3.8) is 0 Å². The number of carbonyl (C=O) groups excluding carboxylic acids is 1. The largest absolute Gasteiger partial charge is 0.466 e. The number of nitrogens with one attached hydrogen (secondary N) is 1. The van der Waals surface area contributed by atoms with E-state index >= 15 is 0 Å². The zero-order valence-corrected chi connectivity index (χ0v) is 12.9. The summed E-state index contributed by atoms with van der Waals surface area (Å²) in [6.45, 7) is 7.10. The van der Waals surface area contributed by atoms with Crippen LogP contribution in [-0.4, -0.2) is 47.6 Å². The fourth-order valence-corrected chi connectivity index (χ4v) is 2.52. The van der Waals surface area contributed by atoms with Gasteiger partial charge < -0.3 is 20.3 Å². The summed E-state index contributed by atoms with van der Waals surface area (Å²) in [5.74, 6) is -0.00842. The highest BCUT2D eigenvalue weighted by Crippen LogP contribution is 2.32. The molecular formula is C15H29NO4. The Balaban J connectivity index is 2.29. The van der Waals surface area contributed by atoms with E-state index in [1.807, 2.05) is 13.8 Å². The van der Waals surface area contributed by atoms with Crippen molar-refractivity contribution in [1.82, 2.24) is 5.32 Å². The van der Waals surface area contributed by atoms with Crippen LogP contribution in [0.4, 0.5) is 0 Å². The summed E-state index contributed by atoms with van der Waals surface area (Å²) in [5, 5.41) is 23.3. The minimum absolute atomic E-state index is 0.0727. The minimum Gasteiger partial charge on any atom is -0.466 e. The molecule has 1 atom stereocenters. The number of ether oxygens (including phenoxy) is 1. The molecule has 0 heterocycles. The van der Waals surface area contributed by atoms with Crippen molar-refractivity contribution in [3.05, 3.63) is 0 Å². The quantitative estimate of drug-likeness (QED) is 0.611. The molecule has 1 saturated carbocycles. The monoisotopic (exact) mass is 287 g/mol. The smallest absolute Gasteiger partial charge is 0.308 e. The second-order valence-corrected chi connectivity index (χ2v) is 6.19. The number of hydrogen-bond acceptors (Lipinski definition) is 5. The van der Waals surface area contributed by atoms with Crippen molar-refractivity contribution in [2.24, 2.45) is 11.8 Å². The molecule has 1 fully saturated rings. The summed E-state index contributed by atoms with van der Waals surface area (Å²) in [7, 11) is 0. The Morgan fingerprint density at radius 3 is 2.50 bits per heavy atom. The van der Waals surface area contributed by atoms with Crippen molar-refractivity contribution < 1.29 is 19.7 Å². The first kappa shape index (κ1) is 17.4. The average molecular weight is 287 g/mol. The Morgan fingerprint density at radius 2 is 2.00 bits per heavy atom. The molecule has 0 saturated heterocycles. The van der Waals surface area contributed by atoms with Crippen LogP contribution in [0.5, 0.6) is 0 Å². The van der Waals surface area contributed by atoms with E-state index in [-0.39, 0.29) is 17.8 Å². The van der Waals surface area contributed by atoms with Gasteiger partial charge in [0.2, 0.25) is 0 Å². The summed E-state index contributed by atoms with van der Waals surface area (Å²) < 4.78 is 5.02. The minimum atomic E-state index is -0.764. The topological polar surface area (TPSA) is 78.8 Å². The van der Waals surface area contributed by atoms with E-state index in [2.05, 4.69) is 5.32 Å². The number of aliphatic hydroxyl groups excluding tert-OH is 1. The van der Waals surface area contributed by atoms with Gasteiger partial charge in [-0.15, -0.1) is 0 Å². The molecule has 20 heavy (non-hydrogen) atoms. The lowest BCUT2D eigenvalue weighted by molar-refractivity contribution is -0.151. The van der Waals surface area contributed by atoms with Gasteiger partial charge in [-0.05, 0) is 38.5 Å². The van der Waals surface area contributed by atoms with Crippen LogP contribution in [0.3, 0.4) is 0 Å². The highest BCUT2D eigenvalue weighted by atomic mass is 16.5. The third-order valence-electron chi connectivity index (χ3n) is 4.11. The van der Waals surface area contributed by atoms with Crippen molar-refractivity contribution in [2.45, 2.75) is 58.2 Å². The molecule has 0 aliphatic heterocycles. The van der Waals surface area contributed by atoms with E-state index in [1.54, 1.807) is 6.92 Å². The van der Waals surface area contributed by atoms with Crippen molar-refractivity contribution >= 4 is 5.97 Å². The molecule has 0 spiro atoms. The second-order valence-electron chi connectivity index (χ2n) is 6.19. The maximum absolute atomic E-state index is 11.6. The molecule has 1 aliphatic rings. The Kier molecular flexibility index (Phi) is 6.92. The Bertz CT molecular complexity index is 298. The molecule has 118 valence electrons. The first-order valence-corrected chi connectivity index (χ1v) is 7.66. The first-order chi connectivity index (χ1) is 9.38. The standard InChI is InChI=1S/C15H29NO4/c1-4-20-14(18)12-5-7-15(19,8-6-12)10-16-9-13(17)11(2)3/h11-13,16-17,19H,4-10H2,1-3H3. The first-order valence-electron chi connectivity index (χ1n) is 7.66. The van der Waals surface area contributed by atoms with Gasteiger partial charge in [0.1, 0.15) is 0 Å². The van der Waals surface area contributed by atoms with Crippen LogP contribution in [0.1, 0.15) is 46.5 Å². The lowest BCUT2D eigenvalue weighted by Gasteiger charge is -2.35. The molecule has 0 aromatic carbocycles. The molecule has 0 amide bonds. The molecule has 1 aliphatic carbocycles. The fraction of sp³-hybridized carbons (Fsp3) is 0.933. The van der Waals surface area contributed by atoms with Gasteiger partial charge >= 0.3 is 5.97 Å². The zero-order valence-electron chi connectivity index (χ0n) is 12.9. The van der Waals surface area contributed by atoms with Crippen LogP contribution >= 0.6 is 0 Å². The maximum Gasteiger partial charge on any atom is 0.308 e. The summed E-state index contributed by atoms with van der Waals surface area (Å²) in [4.78, 5) is 11.6. The van der Waals surface area contributed by atoms with Crippen LogP contribution in [0.2, 0.25) is 0 Å². The van der Waals surface area contributed by atoms with Gasteiger partial charge in [0.25, 0.3) is 0 Å². The predicted molar refractivity (Wildman–Crippen MR) is 77.3 cm³/mol. The lowest BCUT2D eigenvalue weighted by atomic mass is 9.78. The molecule has 5 nitrogen and oxygen atoms in total. The summed E-state index contributed by atoms with van der Waals surface area (Å²) in [6.07, 6.45) is 2.14. The highest BCUT2D eigenvalue weighted by Gasteiger charge is 2.36. The molecular weight excluding hydrogens is 258 g/mol. The van der Waals surface area contributed by atoms with Crippen LogP contribution in [0.15, 0.2) is 0 Å². The van der Waals surface area contributed by atoms with Gasteiger partial charge in [-0.25, -0.2) is 0 Å². The highest BCUT2D eigenvalue weighted by molar-refractivity contribution is 5.72. The number of rotatable bonds is 7. The number of hydrogen-bond donors (Lipinski definition) is 3. The second kappa shape index (κ2) is 7.96. The molecule has 0 aromatic heterocycles. The summed E-state index contributed by atoms with van der Waals surface area (Å²) in [5.41, 5.74) is -0.764. The van der Waals surface area contributed by atoms with Crippen molar-refractivity contribution in [1.29, 1.82) is 0 Å². The molecule has 1 rings (SSSR count). The van der Waals surface area contributed by atoms with Gasteiger partial charge in [-0.1, -0.05) is 13.8 Å². The molecule has 0 bridgehead atoms. The third-order valence-corrected chi connectivity index (χ3v) is 4.11.